The van der Waals surface area contributed by atoms with Crippen molar-refractivity contribution in [3.63, 3.8) is 0 Å². The number of ether oxygens (including phenoxy) is 1. The van der Waals surface area contributed by atoms with Gasteiger partial charge in [0.05, 0.1) is 18.1 Å². The van der Waals surface area contributed by atoms with Gasteiger partial charge < -0.3 is 9.84 Å². The number of methoxy groups -OCH3 is 1. The number of aromatic nitrogens is 2. The van der Waals surface area contributed by atoms with Crippen LogP contribution in [0.25, 0.3) is 16.0 Å². The van der Waals surface area contributed by atoms with Crippen molar-refractivity contribution in [2.24, 2.45) is 0 Å². The van der Waals surface area contributed by atoms with Crippen LogP contribution in [0.2, 0.25) is 0 Å². The van der Waals surface area contributed by atoms with E-state index >= 15 is 0 Å². The van der Waals surface area contributed by atoms with Crippen LogP contribution in [-0.4, -0.2) is 27.7 Å². The highest BCUT2D eigenvalue weighted by molar-refractivity contribution is 7.16. The maximum absolute atomic E-state index is 11.5. The van der Waals surface area contributed by atoms with Gasteiger partial charge in [0.1, 0.15) is 17.1 Å². The summed E-state index contributed by atoms with van der Waals surface area (Å²) in [5.74, 6) is -0.621. The molecule has 2 heterocycles. The Hall–Kier alpha value is -2.34. The van der Waals surface area contributed by atoms with Crippen LogP contribution in [0.3, 0.4) is 0 Å². The average molecular weight is 288 g/mol. The second kappa shape index (κ2) is 4.64. The van der Waals surface area contributed by atoms with Gasteiger partial charge in [0, 0.05) is 6.07 Å². The number of carbonyl (C=O) groups is 1. The molecule has 0 fully saturated rings. The summed E-state index contributed by atoms with van der Waals surface area (Å²) in [5, 5.41) is 10.5. The van der Waals surface area contributed by atoms with Gasteiger partial charge in [0.15, 0.2) is 4.88 Å². The Kier molecular flexibility index (Phi) is 2.94. The topological polar surface area (TPSA) is 64.4 Å². The van der Waals surface area contributed by atoms with Crippen LogP contribution in [0.15, 0.2) is 30.6 Å². The molecule has 3 aromatic rings. The largest absolute Gasteiger partial charge is 0.506 e. The molecule has 5 nitrogen and oxygen atoms in total. The molecular formula is C14H12N2O3S. The SMILES string of the molecule is COC(=O)c1sc(-n2cnc3cc(C)ccc32)cc1O. The van der Waals surface area contributed by atoms with E-state index in [0.717, 1.165) is 16.6 Å². The molecule has 20 heavy (non-hydrogen) atoms. The average Bonchev–Trinajstić information content (AvgIpc) is 3.00. The minimum Gasteiger partial charge on any atom is -0.506 e. The number of esters is 1. The van der Waals surface area contributed by atoms with E-state index in [1.165, 1.54) is 24.5 Å². The Morgan fingerprint density at radius 3 is 2.95 bits per heavy atom. The van der Waals surface area contributed by atoms with Crippen LogP contribution >= 0.6 is 11.3 Å². The van der Waals surface area contributed by atoms with E-state index in [-0.39, 0.29) is 10.6 Å². The molecule has 0 radical (unpaired) electrons. The van der Waals surface area contributed by atoms with Gasteiger partial charge >= 0.3 is 5.97 Å². The van der Waals surface area contributed by atoms with Gasteiger partial charge in [-0.15, -0.1) is 11.3 Å². The summed E-state index contributed by atoms with van der Waals surface area (Å²) >= 11 is 1.17. The molecule has 0 aliphatic heterocycles. The van der Waals surface area contributed by atoms with Crippen molar-refractivity contribution in [3.05, 3.63) is 41.0 Å². The highest BCUT2D eigenvalue weighted by atomic mass is 32.1. The zero-order chi connectivity index (χ0) is 14.3. The lowest BCUT2D eigenvalue weighted by Crippen LogP contribution is -1.97. The van der Waals surface area contributed by atoms with Crippen LogP contribution in [0, 0.1) is 6.92 Å². The first-order valence-corrected chi connectivity index (χ1v) is 6.77. The number of aromatic hydroxyl groups is 1. The maximum atomic E-state index is 11.5. The molecular weight excluding hydrogens is 276 g/mol. The van der Waals surface area contributed by atoms with Crippen molar-refractivity contribution < 1.29 is 14.6 Å². The number of thiophene rings is 1. The molecule has 0 saturated heterocycles. The summed E-state index contributed by atoms with van der Waals surface area (Å²) in [4.78, 5) is 16.1. The number of nitrogens with zero attached hydrogens (tertiary/aromatic N) is 2. The van der Waals surface area contributed by atoms with E-state index in [9.17, 15) is 9.90 Å². The summed E-state index contributed by atoms with van der Waals surface area (Å²) in [5.41, 5.74) is 2.93. The van der Waals surface area contributed by atoms with Crippen LogP contribution in [0.4, 0.5) is 0 Å². The van der Waals surface area contributed by atoms with Crippen molar-refractivity contribution in [1.29, 1.82) is 0 Å². The normalized spacial score (nSPS) is 10.9. The molecule has 0 saturated carbocycles. The van der Waals surface area contributed by atoms with Crippen molar-refractivity contribution >= 4 is 28.3 Å². The fourth-order valence-corrected chi connectivity index (χ4v) is 2.98. The highest BCUT2D eigenvalue weighted by Gasteiger charge is 2.18. The molecule has 6 heteroatoms. The fourth-order valence-electron chi connectivity index (χ4n) is 2.02. The molecule has 0 atom stereocenters. The van der Waals surface area contributed by atoms with Gasteiger partial charge in [-0.25, -0.2) is 9.78 Å². The first-order valence-electron chi connectivity index (χ1n) is 5.95. The molecule has 0 amide bonds. The second-order valence-electron chi connectivity index (χ2n) is 4.40. The Morgan fingerprint density at radius 1 is 1.40 bits per heavy atom. The third kappa shape index (κ3) is 1.94. The predicted octanol–water partition coefficient (Wildman–Crippen LogP) is 2.89. The molecule has 0 bridgehead atoms. The lowest BCUT2D eigenvalue weighted by Gasteiger charge is -2.00. The summed E-state index contributed by atoms with van der Waals surface area (Å²) < 4.78 is 6.48. The van der Waals surface area contributed by atoms with E-state index in [2.05, 4.69) is 9.72 Å². The van der Waals surface area contributed by atoms with Crippen LogP contribution < -0.4 is 0 Å². The van der Waals surface area contributed by atoms with Crippen LogP contribution in [-0.2, 0) is 4.74 Å². The van der Waals surface area contributed by atoms with Crippen molar-refractivity contribution in [3.8, 4) is 10.8 Å². The van der Waals surface area contributed by atoms with Crippen molar-refractivity contribution in [2.75, 3.05) is 7.11 Å². The van der Waals surface area contributed by atoms with Gasteiger partial charge in [-0.05, 0) is 24.6 Å². The summed E-state index contributed by atoms with van der Waals surface area (Å²) in [7, 11) is 1.29. The van der Waals surface area contributed by atoms with E-state index in [1.54, 1.807) is 6.33 Å². The molecule has 0 aliphatic rings. The number of imidazole rings is 1. The van der Waals surface area contributed by atoms with Gasteiger partial charge in [0.2, 0.25) is 0 Å². The number of aryl methyl sites for hydroxylation is 1. The Labute approximate surface area is 119 Å². The lowest BCUT2D eigenvalue weighted by molar-refractivity contribution is 0.0603. The van der Waals surface area contributed by atoms with Crippen molar-refractivity contribution in [1.82, 2.24) is 9.55 Å². The Morgan fingerprint density at radius 2 is 2.20 bits per heavy atom. The molecule has 102 valence electrons. The minimum atomic E-state index is -0.543. The Balaban J connectivity index is 2.14. The first kappa shape index (κ1) is 12.7. The lowest BCUT2D eigenvalue weighted by atomic mass is 10.2. The number of hydrogen-bond acceptors (Lipinski definition) is 5. The minimum absolute atomic E-state index is 0.0780. The van der Waals surface area contributed by atoms with Gasteiger partial charge in [0.25, 0.3) is 0 Å². The first-order chi connectivity index (χ1) is 9.60. The zero-order valence-corrected chi connectivity index (χ0v) is 11.8. The smallest absolute Gasteiger partial charge is 0.351 e. The molecule has 0 aliphatic carbocycles. The monoisotopic (exact) mass is 288 g/mol. The number of fused-ring (bicyclic) bond motifs is 1. The maximum Gasteiger partial charge on any atom is 0.351 e. The van der Waals surface area contributed by atoms with E-state index in [0.29, 0.717) is 5.00 Å². The van der Waals surface area contributed by atoms with Crippen LogP contribution in [0.5, 0.6) is 5.75 Å². The van der Waals surface area contributed by atoms with Gasteiger partial charge in [-0.1, -0.05) is 6.07 Å². The molecule has 0 spiro atoms. The van der Waals surface area contributed by atoms with Gasteiger partial charge in [-0.2, -0.15) is 0 Å². The molecule has 0 unspecified atom stereocenters. The zero-order valence-electron chi connectivity index (χ0n) is 11.0. The predicted molar refractivity (Wildman–Crippen MR) is 76.7 cm³/mol. The van der Waals surface area contributed by atoms with Crippen molar-refractivity contribution in [2.45, 2.75) is 6.92 Å². The third-order valence-electron chi connectivity index (χ3n) is 3.01. The van der Waals surface area contributed by atoms with Gasteiger partial charge in [-0.3, -0.25) is 4.57 Å². The van der Waals surface area contributed by atoms with E-state index in [4.69, 9.17) is 0 Å². The molecule has 2 aromatic heterocycles. The summed E-state index contributed by atoms with van der Waals surface area (Å²) in [6, 6.07) is 7.49. The summed E-state index contributed by atoms with van der Waals surface area (Å²) in [6.45, 7) is 2.00. The van der Waals surface area contributed by atoms with E-state index < -0.39 is 5.97 Å². The number of carbonyl (C=O) groups excluding carboxylic acids is 1. The van der Waals surface area contributed by atoms with Crippen LogP contribution in [0.1, 0.15) is 15.2 Å². The van der Waals surface area contributed by atoms with E-state index in [1.807, 2.05) is 29.7 Å². The summed E-state index contributed by atoms with van der Waals surface area (Å²) in [6.07, 6.45) is 1.68. The fraction of sp³-hybridized carbons (Fsp3) is 0.143. The number of benzene rings is 1. The molecule has 1 aromatic carbocycles. The highest BCUT2D eigenvalue weighted by Crippen LogP contribution is 2.33. The number of rotatable bonds is 2. The third-order valence-corrected chi connectivity index (χ3v) is 4.11. The molecule has 3 rings (SSSR count). The Bertz CT molecular complexity index is 804. The molecule has 1 N–H and O–H groups in total. The number of hydrogen-bond donors (Lipinski definition) is 1. The standard InChI is InChI=1S/C14H12N2O3S/c1-8-3-4-10-9(5-8)15-7-16(10)12-6-11(17)13(20-12)14(18)19-2/h3-7,17H,1-2H3. The second-order valence-corrected chi connectivity index (χ2v) is 5.43. The quantitative estimate of drug-likeness (QED) is 0.736.